The first-order valence-electron chi connectivity index (χ1n) is 9.92. The molecule has 0 N–H and O–H groups in total. The Morgan fingerprint density at radius 3 is 2.07 bits per heavy atom. The van der Waals surface area contributed by atoms with Crippen LogP contribution in [0.4, 0.5) is 0 Å². The molecule has 0 bridgehead atoms. The Morgan fingerprint density at radius 2 is 1.57 bits per heavy atom. The summed E-state index contributed by atoms with van der Waals surface area (Å²) in [6, 6.07) is 3.82. The summed E-state index contributed by atoms with van der Waals surface area (Å²) in [5.74, 6) is 0.0972. The molecule has 3 rings (SSSR count). The molecule has 1 spiro atoms. The third-order valence-corrected chi connectivity index (χ3v) is 8.00. The van der Waals surface area contributed by atoms with E-state index in [1.54, 1.807) is 4.31 Å². The van der Waals surface area contributed by atoms with Crippen molar-refractivity contribution >= 4 is 15.9 Å². The number of hydrogen-bond donors (Lipinski definition) is 0. The van der Waals surface area contributed by atoms with Gasteiger partial charge in [-0.3, -0.25) is 4.79 Å². The van der Waals surface area contributed by atoms with Crippen LogP contribution in [0.2, 0.25) is 0 Å². The summed E-state index contributed by atoms with van der Waals surface area (Å²) in [5, 5.41) is 0. The maximum atomic E-state index is 13.6. The minimum absolute atomic E-state index is 0.0972. The number of rotatable bonds is 2. The van der Waals surface area contributed by atoms with Crippen LogP contribution in [0.15, 0.2) is 17.0 Å². The van der Waals surface area contributed by atoms with Gasteiger partial charge in [-0.15, -0.1) is 0 Å². The van der Waals surface area contributed by atoms with Gasteiger partial charge in [0.2, 0.25) is 15.9 Å². The largest absolute Gasteiger partial charge is 0.358 e. The molecule has 7 heteroatoms. The highest BCUT2D eigenvalue weighted by molar-refractivity contribution is 7.89. The fourth-order valence-corrected chi connectivity index (χ4v) is 6.68. The highest BCUT2D eigenvalue weighted by Crippen LogP contribution is 2.40. The molecule has 2 saturated heterocycles. The number of piperidine rings is 1. The number of carbonyl (C=O) groups excluding carboxylic acids is 1. The molecule has 1 amide bonds. The third-order valence-electron chi connectivity index (χ3n) is 5.75. The van der Waals surface area contributed by atoms with Crippen molar-refractivity contribution in [1.82, 2.24) is 9.21 Å². The van der Waals surface area contributed by atoms with E-state index >= 15 is 0 Å². The second kappa shape index (κ2) is 7.11. The standard InChI is InChI=1S/C21H32N2O4S/c1-15-13-16(2)18(17(3)14-15)28(25,26)23-11-12-27-21(23)7-9-22(10-8-21)19(24)20(4,5)6/h13-14H,7-12H2,1-6H3. The predicted octanol–water partition coefficient (Wildman–Crippen LogP) is 3.00. The smallest absolute Gasteiger partial charge is 0.246 e. The van der Waals surface area contributed by atoms with Gasteiger partial charge in [0.25, 0.3) is 0 Å². The van der Waals surface area contributed by atoms with E-state index in [0.29, 0.717) is 44.0 Å². The second-order valence-corrected chi connectivity index (χ2v) is 10.9. The molecule has 0 atom stereocenters. The Balaban J connectivity index is 1.89. The SMILES string of the molecule is Cc1cc(C)c(S(=O)(=O)N2CCOC23CCN(C(=O)C(C)(C)C)CC3)c(C)c1. The van der Waals surface area contributed by atoms with Crippen molar-refractivity contribution in [1.29, 1.82) is 0 Å². The molecule has 0 saturated carbocycles. The Morgan fingerprint density at radius 1 is 1.04 bits per heavy atom. The first kappa shape index (κ1) is 21.3. The predicted molar refractivity (Wildman–Crippen MR) is 108 cm³/mol. The van der Waals surface area contributed by atoms with E-state index in [4.69, 9.17) is 4.74 Å². The number of benzene rings is 1. The van der Waals surface area contributed by atoms with E-state index < -0.39 is 21.2 Å². The van der Waals surface area contributed by atoms with Gasteiger partial charge in [0.05, 0.1) is 11.5 Å². The minimum Gasteiger partial charge on any atom is -0.358 e. The highest BCUT2D eigenvalue weighted by Gasteiger charge is 2.51. The number of sulfonamides is 1. The van der Waals surface area contributed by atoms with Gasteiger partial charge in [-0.2, -0.15) is 4.31 Å². The normalized spacial score (nSPS) is 20.7. The van der Waals surface area contributed by atoms with Crippen molar-refractivity contribution in [2.24, 2.45) is 5.41 Å². The minimum atomic E-state index is -3.69. The van der Waals surface area contributed by atoms with E-state index in [-0.39, 0.29) is 5.91 Å². The van der Waals surface area contributed by atoms with Gasteiger partial charge < -0.3 is 9.64 Å². The molecule has 6 nitrogen and oxygen atoms in total. The molecule has 1 aromatic rings. The van der Waals surface area contributed by atoms with Crippen molar-refractivity contribution in [2.75, 3.05) is 26.2 Å². The number of aryl methyl sites for hydroxylation is 3. The maximum Gasteiger partial charge on any atom is 0.246 e. The van der Waals surface area contributed by atoms with Crippen molar-refractivity contribution in [2.45, 2.75) is 65.0 Å². The molecule has 2 aliphatic heterocycles. The van der Waals surface area contributed by atoms with Crippen LogP contribution in [0, 0.1) is 26.2 Å². The lowest BCUT2D eigenvalue weighted by Crippen LogP contribution is -2.56. The second-order valence-electron chi connectivity index (χ2n) is 9.14. The summed E-state index contributed by atoms with van der Waals surface area (Å²) >= 11 is 0. The molecule has 0 unspecified atom stereocenters. The van der Waals surface area contributed by atoms with Crippen LogP contribution < -0.4 is 0 Å². The molecule has 0 aromatic heterocycles. The zero-order chi connectivity index (χ0) is 20.9. The van der Waals surface area contributed by atoms with Gasteiger partial charge in [0, 0.05) is 37.9 Å². The number of nitrogens with zero attached hydrogens (tertiary/aromatic N) is 2. The molecule has 2 heterocycles. The van der Waals surface area contributed by atoms with Crippen molar-refractivity contribution in [3.63, 3.8) is 0 Å². The van der Waals surface area contributed by atoms with Crippen LogP contribution in [0.3, 0.4) is 0 Å². The molecular formula is C21H32N2O4S. The van der Waals surface area contributed by atoms with Gasteiger partial charge in [-0.05, 0) is 31.9 Å². The number of amides is 1. The van der Waals surface area contributed by atoms with Crippen molar-refractivity contribution in [3.05, 3.63) is 28.8 Å². The van der Waals surface area contributed by atoms with Gasteiger partial charge in [0.15, 0.2) is 0 Å². The zero-order valence-corrected chi connectivity index (χ0v) is 18.6. The molecule has 2 aliphatic rings. The van der Waals surface area contributed by atoms with Crippen molar-refractivity contribution < 1.29 is 17.9 Å². The fourth-order valence-electron chi connectivity index (χ4n) is 4.54. The Kier molecular flexibility index (Phi) is 5.40. The molecule has 156 valence electrons. The van der Waals surface area contributed by atoms with Crippen LogP contribution in [0.1, 0.15) is 50.3 Å². The summed E-state index contributed by atoms with van der Waals surface area (Å²) < 4.78 is 34.8. The van der Waals surface area contributed by atoms with E-state index in [2.05, 4.69) is 0 Å². The first-order chi connectivity index (χ1) is 12.9. The number of likely N-dealkylation sites (tertiary alicyclic amines) is 1. The van der Waals surface area contributed by atoms with Gasteiger partial charge >= 0.3 is 0 Å². The van der Waals surface area contributed by atoms with E-state index in [1.165, 1.54) is 0 Å². The Labute approximate surface area is 168 Å². The summed E-state index contributed by atoms with van der Waals surface area (Å²) in [6.45, 7) is 13.1. The van der Waals surface area contributed by atoms with Gasteiger partial charge in [-0.25, -0.2) is 8.42 Å². The lowest BCUT2D eigenvalue weighted by molar-refractivity contribution is -0.147. The van der Waals surface area contributed by atoms with E-state index in [1.807, 2.05) is 58.6 Å². The molecule has 1 aromatic carbocycles. The highest BCUT2D eigenvalue weighted by atomic mass is 32.2. The average molecular weight is 409 g/mol. The molecule has 28 heavy (non-hydrogen) atoms. The maximum absolute atomic E-state index is 13.6. The van der Waals surface area contributed by atoms with Crippen LogP contribution >= 0.6 is 0 Å². The Hall–Kier alpha value is -1.44. The number of hydrogen-bond acceptors (Lipinski definition) is 4. The van der Waals surface area contributed by atoms with Gasteiger partial charge in [-0.1, -0.05) is 38.5 Å². The Bertz CT molecular complexity index is 855. The van der Waals surface area contributed by atoms with Crippen LogP contribution in [-0.4, -0.2) is 55.5 Å². The summed E-state index contributed by atoms with van der Waals surface area (Å²) in [6.07, 6.45) is 0.996. The number of carbonyl (C=O) groups is 1. The van der Waals surface area contributed by atoms with Crippen LogP contribution in [0.25, 0.3) is 0 Å². The quantitative estimate of drug-likeness (QED) is 0.754. The summed E-state index contributed by atoms with van der Waals surface area (Å²) in [4.78, 5) is 14.8. The van der Waals surface area contributed by atoms with Crippen molar-refractivity contribution in [3.8, 4) is 0 Å². The first-order valence-corrected chi connectivity index (χ1v) is 11.4. The monoisotopic (exact) mass is 408 g/mol. The summed E-state index contributed by atoms with van der Waals surface area (Å²) in [7, 11) is -3.69. The molecule has 0 aliphatic carbocycles. The molecular weight excluding hydrogens is 376 g/mol. The number of ether oxygens (including phenoxy) is 1. The molecule has 0 radical (unpaired) electrons. The van der Waals surface area contributed by atoms with E-state index in [9.17, 15) is 13.2 Å². The average Bonchev–Trinajstić information content (AvgIpc) is 2.97. The fraction of sp³-hybridized carbons (Fsp3) is 0.667. The third kappa shape index (κ3) is 3.60. The zero-order valence-electron chi connectivity index (χ0n) is 17.8. The topological polar surface area (TPSA) is 66.9 Å². The van der Waals surface area contributed by atoms with Crippen LogP contribution in [0.5, 0.6) is 0 Å². The lowest BCUT2D eigenvalue weighted by Gasteiger charge is -2.44. The molecule has 2 fully saturated rings. The summed E-state index contributed by atoms with van der Waals surface area (Å²) in [5.41, 5.74) is 1.29. The van der Waals surface area contributed by atoms with Crippen LogP contribution in [-0.2, 0) is 19.6 Å². The lowest BCUT2D eigenvalue weighted by atomic mass is 9.92. The van der Waals surface area contributed by atoms with E-state index in [0.717, 1.165) is 16.7 Å². The van der Waals surface area contributed by atoms with Gasteiger partial charge in [0.1, 0.15) is 5.72 Å².